The molecule has 5 heteroatoms. The fourth-order valence-electron chi connectivity index (χ4n) is 8.65. The van der Waals surface area contributed by atoms with Crippen LogP contribution in [-0.2, 0) is 0 Å². The van der Waals surface area contributed by atoms with Crippen molar-refractivity contribution in [2.24, 2.45) is 0 Å². The van der Waals surface area contributed by atoms with Crippen molar-refractivity contribution in [2.45, 2.75) is 0 Å². The first-order valence-corrected chi connectivity index (χ1v) is 18.8. The van der Waals surface area contributed by atoms with Gasteiger partial charge in [-0.1, -0.05) is 127 Å². The van der Waals surface area contributed by atoms with Crippen LogP contribution in [0.2, 0.25) is 0 Å². The quantitative estimate of drug-likeness (QED) is 0.186. The van der Waals surface area contributed by atoms with Gasteiger partial charge in [-0.25, -0.2) is 0 Å². The minimum atomic E-state index is 0.884. The summed E-state index contributed by atoms with van der Waals surface area (Å²) in [6, 6.07) is 58.9. The Labute approximate surface area is 309 Å². The average molecular weight is 692 g/mol. The van der Waals surface area contributed by atoms with Crippen molar-refractivity contribution in [3.63, 3.8) is 0 Å². The first kappa shape index (κ1) is 29.1. The molecule has 1 N–H and O–H groups in total. The highest BCUT2D eigenvalue weighted by atomic mass is 32.1. The lowest BCUT2D eigenvalue weighted by atomic mass is 9.58. The highest BCUT2D eigenvalue weighted by Gasteiger charge is 2.30. The zero-order chi connectivity index (χ0) is 34.6. The lowest BCUT2D eigenvalue weighted by molar-refractivity contribution is 0.669. The lowest BCUT2D eigenvalue weighted by Crippen LogP contribution is -2.37. The third kappa shape index (κ3) is 4.23. The summed E-state index contributed by atoms with van der Waals surface area (Å²) in [5.41, 5.74) is 13.4. The van der Waals surface area contributed by atoms with Gasteiger partial charge in [-0.15, -0.1) is 11.3 Å². The fraction of sp³-hybridized carbons (Fsp3) is 0. The van der Waals surface area contributed by atoms with Gasteiger partial charge < -0.3 is 14.3 Å². The van der Waals surface area contributed by atoms with E-state index in [-0.39, 0.29) is 0 Å². The number of furan rings is 1. The van der Waals surface area contributed by atoms with Crippen LogP contribution in [0, 0.1) is 0 Å². The Hall–Kier alpha value is -6.56. The second kappa shape index (κ2) is 11.0. The summed E-state index contributed by atoms with van der Waals surface area (Å²) in [5, 5.41) is 12.4. The molecule has 0 bridgehead atoms. The number of nitrogens with one attached hydrogen (secondary N) is 1. The molecule has 245 valence electrons. The molecule has 3 aromatic heterocycles. The van der Waals surface area contributed by atoms with E-state index >= 15 is 0 Å². The van der Waals surface area contributed by atoms with Gasteiger partial charge in [-0.2, -0.15) is 0 Å². The molecular formula is C48H28BN2OS. The number of thiophene rings is 1. The summed E-state index contributed by atoms with van der Waals surface area (Å²) in [4.78, 5) is 1.26. The van der Waals surface area contributed by atoms with Gasteiger partial charge in [0.15, 0.2) is 7.28 Å². The van der Waals surface area contributed by atoms with Crippen LogP contribution < -0.4 is 16.2 Å². The van der Waals surface area contributed by atoms with Crippen LogP contribution >= 0.6 is 11.3 Å². The predicted molar refractivity (Wildman–Crippen MR) is 227 cm³/mol. The molecular weight excluding hydrogens is 663 g/mol. The summed E-state index contributed by atoms with van der Waals surface area (Å²) in [6.07, 6.45) is 0. The van der Waals surface area contributed by atoms with Crippen LogP contribution in [-0.4, -0.2) is 11.8 Å². The molecule has 0 aliphatic carbocycles. The third-order valence-electron chi connectivity index (χ3n) is 11.0. The molecule has 11 aromatic rings. The van der Waals surface area contributed by atoms with Crippen molar-refractivity contribution in [2.75, 3.05) is 5.32 Å². The Bertz CT molecular complexity index is 3280. The topological polar surface area (TPSA) is 30.1 Å². The van der Waals surface area contributed by atoms with Gasteiger partial charge in [0.2, 0.25) is 0 Å². The molecule has 12 rings (SSSR count). The number of hydrogen-bond donors (Lipinski definition) is 1. The number of hydrogen-bond acceptors (Lipinski definition) is 3. The van der Waals surface area contributed by atoms with Crippen molar-refractivity contribution >= 4 is 105 Å². The monoisotopic (exact) mass is 691 g/mol. The molecule has 0 atom stereocenters. The first-order valence-electron chi connectivity index (χ1n) is 18.0. The van der Waals surface area contributed by atoms with E-state index in [0.29, 0.717) is 0 Å². The van der Waals surface area contributed by atoms with Gasteiger partial charge in [-0.3, -0.25) is 0 Å². The molecule has 0 fully saturated rings. The number of rotatable bonds is 4. The Kier molecular flexibility index (Phi) is 6.02. The fourth-order valence-corrected chi connectivity index (χ4v) is 9.89. The van der Waals surface area contributed by atoms with Gasteiger partial charge in [0.05, 0.1) is 0 Å². The van der Waals surface area contributed by atoms with Crippen LogP contribution in [0.1, 0.15) is 0 Å². The molecule has 0 unspecified atom stereocenters. The Balaban J connectivity index is 1.17. The van der Waals surface area contributed by atoms with E-state index in [0.717, 1.165) is 44.6 Å². The van der Waals surface area contributed by atoms with Crippen LogP contribution in [0.5, 0.6) is 0 Å². The summed E-state index contributed by atoms with van der Waals surface area (Å²) < 4.78 is 10.6. The number of para-hydroxylation sites is 2. The van der Waals surface area contributed by atoms with Crippen LogP contribution in [0.4, 0.5) is 11.4 Å². The molecule has 0 saturated carbocycles. The lowest BCUT2D eigenvalue weighted by Gasteiger charge is -2.25. The molecule has 0 spiro atoms. The van der Waals surface area contributed by atoms with Crippen molar-refractivity contribution < 1.29 is 4.42 Å². The minimum absolute atomic E-state index is 0.884. The zero-order valence-corrected chi connectivity index (χ0v) is 29.2. The van der Waals surface area contributed by atoms with Crippen molar-refractivity contribution in [3.8, 4) is 27.9 Å². The van der Waals surface area contributed by atoms with Crippen LogP contribution in [0.25, 0.3) is 91.9 Å². The van der Waals surface area contributed by atoms with Gasteiger partial charge in [0.1, 0.15) is 16.0 Å². The normalized spacial score (nSPS) is 12.3. The van der Waals surface area contributed by atoms with Crippen LogP contribution in [0.15, 0.2) is 168 Å². The highest BCUT2D eigenvalue weighted by molar-refractivity contribution is 7.25. The van der Waals surface area contributed by atoms with Gasteiger partial charge >= 0.3 is 0 Å². The summed E-state index contributed by atoms with van der Waals surface area (Å²) >= 11 is 1.87. The molecule has 1 aliphatic heterocycles. The van der Waals surface area contributed by atoms with E-state index in [1.165, 1.54) is 69.6 Å². The molecule has 8 aromatic carbocycles. The number of aromatic nitrogens is 1. The summed E-state index contributed by atoms with van der Waals surface area (Å²) in [6.45, 7) is 0. The number of anilines is 2. The molecule has 1 radical (unpaired) electrons. The number of fused-ring (bicyclic) bond motifs is 11. The Morgan fingerprint density at radius 3 is 2.15 bits per heavy atom. The third-order valence-corrected chi connectivity index (χ3v) is 12.1. The molecule has 0 saturated heterocycles. The van der Waals surface area contributed by atoms with Crippen molar-refractivity contribution in [3.05, 3.63) is 164 Å². The maximum atomic E-state index is 6.77. The standard InChI is InChI=1S/C48H28BN2OS/c1-2-11-28(12-3-1)29-21-23-32(24-22-29)50-38-26-31-14-5-4-13-30(31)25-36(38)45-44-33-15-6-8-19-40(33)52-41(44)27-39-46(45)49-37-18-10-17-35-43-34-16-7-9-20-42(34)53-48(43)51(39)47(35)37/h1-27,50H. The minimum Gasteiger partial charge on any atom is -0.456 e. The second-order valence-electron chi connectivity index (χ2n) is 14.0. The maximum Gasteiger partial charge on any atom is 0.197 e. The van der Waals surface area contributed by atoms with Gasteiger partial charge in [-0.05, 0) is 69.3 Å². The Morgan fingerprint density at radius 1 is 0.566 bits per heavy atom. The Morgan fingerprint density at radius 2 is 1.28 bits per heavy atom. The van der Waals surface area contributed by atoms with E-state index in [9.17, 15) is 0 Å². The molecule has 4 heterocycles. The highest BCUT2D eigenvalue weighted by Crippen LogP contribution is 2.46. The molecule has 53 heavy (non-hydrogen) atoms. The van der Waals surface area contributed by atoms with Gasteiger partial charge in [0.25, 0.3) is 0 Å². The average Bonchev–Trinajstić information content (AvgIpc) is 3.88. The van der Waals surface area contributed by atoms with E-state index in [4.69, 9.17) is 4.42 Å². The summed E-state index contributed by atoms with van der Waals surface area (Å²) in [5.74, 6) is 0. The van der Waals surface area contributed by atoms with E-state index < -0.39 is 0 Å². The van der Waals surface area contributed by atoms with E-state index in [1.54, 1.807) is 0 Å². The largest absolute Gasteiger partial charge is 0.456 e. The maximum absolute atomic E-state index is 6.77. The smallest absolute Gasteiger partial charge is 0.197 e. The predicted octanol–water partition coefficient (Wildman–Crippen LogP) is 12.1. The zero-order valence-electron chi connectivity index (χ0n) is 28.4. The van der Waals surface area contributed by atoms with E-state index in [2.05, 4.69) is 181 Å². The van der Waals surface area contributed by atoms with Crippen molar-refractivity contribution in [1.82, 2.24) is 4.57 Å². The van der Waals surface area contributed by atoms with E-state index in [1.807, 2.05) is 11.3 Å². The molecule has 0 amide bonds. The first-order chi connectivity index (χ1) is 26.3. The van der Waals surface area contributed by atoms with Gasteiger partial charge in [0, 0.05) is 65.8 Å². The summed E-state index contributed by atoms with van der Waals surface area (Å²) in [7, 11) is 2.41. The number of benzene rings is 8. The molecule has 1 aliphatic rings. The van der Waals surface area contributed by atoms with Crippen molar-refractivity contribution in [1.29, 1.82) is 0 Å². The second-order valence-corrected chi connectivity index (χ2v) is 15.0. The number of nitrogens with zero attached hydrogens (tertiary/aromatic N) is 1. The van der Waals surface area contributed by atoms with Crippen LogP contribution in [0.3, 0.4) is 0 Å². The molecule has 3 nitrogen and oxygen atoms in total. The SMILES string of the molecule is [B]1c2c(cc3oc4ccccc4c3c2-c2cc3ccccc3cc2Nc2ccc(-c3ccccc3)cc2)-n2c3sc4ccccc4c3c3cccc1c32.